The molecule has 1 aliphatic heterocycles. The molecule has 0 radical (unpaired) electrons. The van der Waals surface area contributed by atoms with E-state index in [4.69, 9.17) is 10.8 Å². The minimum atomic E-state index is -0.432. The number of aliphatic hydroxyl groups is 1. The van der Waals surface area contributed by atoms with E-state index in [1.807, 2.05) is 0 Å². The van der Waals surface area contributed by atoms with Crippen molar-refractivity contribution >= 4 is 11.9 Å². The van der Waals surface area contributed by atoms with Gasteiger partial charge in [0.15, 0.2) is 0 Å². The number of carbonyl (C=O) groups is 1. The van der Waals surface area contributed by atoms with E-state index in [-0.39, 0.29) is 17.8 Å². The van der Waals surface area contributed by atoms with Gasteiger partial charge < -0.3 is 15.7 Å². The van der Waals surface area contributed by atoms with Crippen LogP contribution in [0.2, 0.25) is 0 Å². The number of hydrogen-bond donors (Lipinski definition) is 2. The monoisotopic (exact) mass is 208 g/mol. The predicted octanol–water partition coefficient (Wildman–Crippen LogP) is -1.02. The van der Waals surface area contributed by atoms with Crippen molar-refractivity contribution in [2.45, 2.75) is 5.92 Å². The van der Waals surface area contributed by atoms with E-state index in [0.29, 0.717) is 13.1 Å². The molecule has 1 aromatic rings. The van der Waals surface area contributed by atoms with Crippen LogP contribution >= 0.6 is 0 Å². The molecule has 1 aromatic heterocycles. The van der Waals surface area contributed by atoms with Gasteiger partial charge in [0.2, 0.25) is 11.9 Å². The summed E-state index contributed by atoms with van der Waals surface area (Å²) in [6, 6.07) is 1.79. The Hall–Kier alpha value is -1.69. The average Bonchev–Trinajstić information content (AvgIpc) is 2.15. The molecule has 0 saturated carbocycles. The lowest BCUT2D eigenvalue weighted by Crippen LogP contribution is -2.49. The highest BCUT2D eigenvalue weighted by molar-refractivity contribution is 5.78. The fourth-order valence-electron chi connectivity index (χ4n) is 1.59. The highest BCUT2D eigenvalue weighted by Gasteiger charge is 2.32. The van der Waals surface area contributed by atoms with Crippen LogP contribution in [-0.4, -0.2) is 45.6 Å². The molecule has 1 saturated heterocycles. The maximum Gasteiger partial charge on any atom is 0.248 e. The summed E-state index contributed by atoms with van der Waals surface area (Å²) in [4.78, 5) is 20.5. The third-order valence-electron chi connectivity index (χ3n) is 2.48. The summed E-state index contributed by atoms with van der Waals surface area (Å²) in [5.74, 6) is 0.221. The van der Waals surface area contributed by atoms with Crippen LogP contribution in [0.15, 0.2) is 12.3 Å². The van der Waals surface area contributed by atoms with Gasteiger partial charge in [-0.3, -0.25) is 4.79 Å². The first-order valence-corrected chi connectivity index (χ1v) is 4.67. The van der Waals surface area contributed by atoms with Gasteiger partial charge in [0.25, 0.3) is 0 Å². The molecule has 1 amide bonds. The second-order valence-electron chi connectivity index (χ2n) is 3.49. The van der Waals surface area contributed by atoms with Gasteiger partial charge in [0.05, 0.1) is 5.69 Å². The molecule has 15 heavy (non-hydrogen) atoms. The Kier molecular flexibility index (Phi) is 2.51. The van der Waals surface area contributed by atoms with E-state index in [1.54, 1.807) is 17.2 Å². The molecule has 2 rings (SSSR count). The lowest BCUT2D eigenvalue weighted by molar-refractivity contribution is -0.138. The molecule has 1 aliphatic rings. The predicted molar refractivity (Wildman–Crippen MR) is 52.9 cm³/mol. The second kappa shape index (κ2) is 3.82. The zero-order chi connectivity index (χ0) is 10.8. The number of nitrogens with zero attached hydrogens (tertiary/aromatic N) is 3. The zero-order valence-corrected chi connectivity index (χ0v) is 8.13. The number of anilines is 1. The van der Waals surface area contributed by atoms with E-state index >= 15 is 0 Å². The van der Waals surface area contributed by atoms with Crippen molar-refractivity contribution in [1.82, 2.24) is 14.9 Å². The number of rotatable bonds is 2. The average molecular weight is 208 g/mol. The number of nitrogens with two attached hydrogens (primary N) is 1. The van der Waals surface area contributed by atoms with Crippen molar-refractivity contribution in [3.8, 4) is 0 Å². The van der Waals surface area contributed by atoms with E-state index < -0.39 is 6.61 Å². The number of aliphatic hydroxyl groups excluding tert-OH is 1. The summed E-state index contributed by atoms with van der Waals surface area (Å²) in [6.45, 7) is 0.754. The Bertz CT molecular complexity index is 376. The molecular formula is C9H12N4O2. The summed E-state index contributed by atoms with van der Waals surface area (Å²) in [6.07, 6.45) is 1.61. The van der Waals surface area contributed by atoms with Crippen molar-refractivity contribution in [3.05, 3.63) is 18.0 Å². The molecule has 0 atom stereocenters. The summed E-state index contributed by atoms with van der Waals surface area (Å²) < 4.78 is 0. The molecule has 0 aromatic carbocycles. The first-order valence-electron chi connectivity index (χ1n) is 4.67. The third-order valence-corrected chi connectivity index (χ3v) is 2.48. The standard InChI is InChI=1S/C9H12N4O2/c10-9-11-2-1-7(12-9)6-3-13(4-6)8(15)5-14/h1-2,6,14H,3-5H2,(H2,10,11,12). The van der Waals surface area contributed by atoms with Crippen molar-refractivity contribution < 1.29 is 9.90 Å². The molecule has 0 bridgehead atoms. The molecule has 6 nitrogen and oxygen atoms in total. The lowest BCUT2D eigenvalue weighted by atomic mass is 9.96. The van der Waals surface area contributed by atoms with Gasteiger partial charge in [0.1, 0.15) is 6.61 Å². The SMILES string of the molecule is Nc1nccc(C2CN(C(=O)CO)C2)n1. The quantitative estimate of drug-likeness (QED) is 0.648. The zero-order valence-electron chi connectivity index (χ0n) is 8.13. The van der Waals surface area contributed by atoms with Crippen LogP contribution in [0.1, 0.15) is 11.6 Å². The normalized spacial score (nSPS) is 16.2. The van der Waals surface area contributed by atoms with Crippen LogP contribution in [0.3, 0.4) is 0 Å². The van der Waals surface area contributed by atoms with E-state index in [2.05, 4.69) is 9.97 Å². The van der Waals surface area contributed by atoms with Gasteiger partial charge in [-0.15, -0.1) is 0 Å². The molecule has 80 valence electrons. The van der Waals surface area contributed by atoms with E-state index in [9.17, 15) is 4.79 Å². The van der Waals surface area contributed by atoms with Crippen molar-refractivity contribution in [2.24, 2.45) is 0 Å². The molecule has 6 heteroatoms. The van der Waals surface area contributed by atoms with Crippen molar-refractivity contribution in [1.29, 1.82) is 0 Å². The third kappa shape index (κ3) is 1.89. The number of carbonyl (C=O) groups excluding carboxylic acids is 1. The number of nitrogen functional groups attached to an aromatic ring is 1. The minimum Gasteiger partial charge on any atom is -0.387 e. The fourth-order valence-corrected chi connectivity index (χ4v) is 1.59. The van der Waals surface area contributed by atoms with Crippen LogP contribution in [0.5, 0.6) is 0 Å². The second-order valence-corrected chi connectivity index (χ2v) is 3.49. The summed E-state index contributed by atoms with van der Waals surface area (Å²) in [5, 5.41) is 8.63. The van der Waals surface area contributed by atoms with Crippen LogP contribution in [0.25, 0.3) is 0 Å². The molecule has 2 heterocycles. The van der Waals surface area contributed by atoms with Gasteiger partial charge in [-0.2, -0.15) is 0 Å². The van der Waals surface area contributed by atoms with Crippen LogP contribution in [-0.2, 0) is 4.79 Å². The van der Waals surface area contributed by atoms with E-state index in [0.717, 1.165) is 5.69 Å². The molecule has 3 N–H and O–H groups in total. The van der Waals surface area contributed by atoms with Crippen molar-refractivity contribution in [3.63, 3.8) is 0 Å². The van der Waals surface area contributed by atoms with Gasteiger partial charge in [-0.05, 0) is 6.07 Å². The Morgan fingerprint density at radius 2 is 2.40 bits per heavy atom. The topological polar surface area (TPSA) is 92.3 Å². The van der Waals surface area contributed by atoms with Crippen LogP contribution in [0, 0.1) is 0 Å². The summed E-state index contributed by atoms with van der Waals surface area (Å²) >= 11 is 0. The van der Waals surface area contributed by atoms with Gasteiger partial charge in [0, 0.05) is 25.2 Å². The van der Waals surface area contributed by atoms with Gasteiger partial charge in [-0.1, -0.05) is 0 Å². The number of hydrogen-bond acceptors (Lipinski definition) is 5. The van der Waals surface area contributed by atoms with Gasteiger partial charge in [-0.25, -0.2) is 9.97 Å². The van der Waals surface area contributed by atoms with Crippen molar-refractivity contribution in [2.75, 3.05) is 25.4 Å². The van der Waals surface area contributed by atoms with Gasteiger partial charge >= 0.3 is 0 Å². The Balaban J connectivity index is 1.97. The van der Waals surface area contributed by atoms with E-state index in [1.165, 1.54) is 0 Å². The summed E-state index contributed by atoms with van der Waals surface area (Å²) in [5.41, 5.74) is 6.30. The molecule has 0 spiro atoms. The minimum absolute atomic E-state index is 0.214. The van der Waals surface area contributed by atoms with Crippen LogP contribution < -0.4 is 5.73 Å². The smallest absolute Gasteiger partial charge is 0.248 e. The highest BCUT2D eigenvalue weighted by Crippen LogP contribution is 2.25. The number of likely N-dealkylation sites (tertiary alicyclic amines) is 1. The number of aromatic nitrogens is 2. The Labute approximate surface area is 86.7 Å². The lowest BCUT2D eigenvalue weighted by Gasteiger charge is -2.38. The van der Waals surface area contributed by atoms with Crippen LogP contribution in [0.4, 0.5) is 5.95 Å². The Morgan fingerprint density at radius 1 is 1.67 bits per heavy atom. The molecule has 0 unspecified atom stereocenters. The molecule has 1 fully saturated rings. The first-order chi connectivity index (χ1) is 7.20. The molecular weight excluding hydrogens is 196 g/mol. The molecule has 0 aliphatic carbocycles. The Morgan fingerprint density at radius 3 is 3.00 bits per heavy atom. The fraction of sp³-hybridized carbons (Fsp3) is 0.444. The maximum absolute atomic E-state index is 11.1. The largest absolute Gasteiger partial charge is 0.387 e. The number of amides is 1. The first kappa shape index (κ1) is 9.85. The highest BCUT2D eigenvalue weighted by atomic mass is 16.3. The summed E-state index contributed by atoms with van der Waals surface area (Å²) in [7, 11) is 0. The maximum atomic E-state index is 11.1.